The zero-order valence-electron chi connectivity index (χ0n) is 15.8. The van der Waals surface area contributed by atoms with Crippen LogP contribution in [0.4, 0.5) is 0 Å². The Bertz CT molecular complexity index is 855. The van der Waals surface area contributed by atoms with Gasteiger partial charge in [0.1, 0.15) is 5.75 Å². The molecule has 0 saturated heterocycles. The summed E-state index contributed by atoms with van der Waals surface area (Å²) in [6.45, 7) is 3.65. The van der Waals surface area contributed by atoms with E-state index in [1.54, 1.807) is 25.5 Å². The van der Waals surface area contributed by atoms with Crippen LogP contribution in [0.15, 0.2) is 59.0 Å². The highest BCUT2D eigenvalue weighted by Gasteiger charge is 2.08. The van der Waals surface area contributed by atoms with Crippen LogP contribution >= 0.6 is 11.3 Å². The van der Waals surface area contributed by atoms with Gasteiger partial charge in [-0.1, -0.05) is 13.0 Å². The van der Waals surface area contributed by atoms with Gasteiger partial charge in [0.25, 0.3) is 0 Å². The van der Waals surface area contributed by atoms with E-state index in [0.29, 0.717) is 12.5 Å². The SMILES string of the molecule is CN=C(NCc1ccn(-c2ccc(OC)cc2)n1)NCC(C)c1cccs1. The number of methoxy groups -OCH3 is 1. The molecule has 6 nitrogen and oxygen atoms in total. The molecule has 142 valence electrons. The lowest BCUT2D eigenvalue weighted by Crippen LogP contribution is -2.38. The van der Waals surface area contributed by atoms with E-state index in [0.717, 1.165) is 29.6 Å². The predicted molar refractivity (Wildman–Crippen MR) is 111 cm³/mol. The van der Waals surface area contributed by atoms with Gasteiger partial charge in [-0.3, -0.25) is 4.99 Å². The monoisotopic (exact) mass is 383 g/mol. The molecule has 0 bridgehead atoms. The zero-order chi connectivity index (χ0) is 19.1. The molecule has 3 rings (SSSR count). The van der Waals surface area contributed by atoms with E-state index in [4.69, 9.17) is 4.74 Å². The summed E-state index contributed by atoms with van der Waals surface area (Å²) in [5.74, 6) is 2.05. The number of guanidine groups is 1. The highest BCUT2D eigenvalue weighted by molar-refractivity contribution is 7.10. The van der Waals surface area contributed by atoms with Crippen molar-refractivity contribution in [2.45, 2.75) is 19.4 Å². The van der Waals surface area contributed by atoms with Gasteiger partial charge in [-0.05, 0) is 41.8 Å². The fourth-order valence-corrected chi connectivity index (χ4v) is 3.44. The van der Waals surface area contributed by atoms with Crippen LogP contribution in [0.3, 0.4) is 0 Å². The molecule has 0 saturated carbocycles. The second kappa shape index (κ2) is 9.23. The van der Waals surface area contributed by atoms with Gasteiger partial charge in [0, 0.05) is 30.6 Å². The minimum Gasteiger partial charge on any atom is -0.497 e. The number of aliphatic imine (C=N–C) groups is 1. The Morgan fingerprint density at radius 2 is 2.04 bits per heavy atom. The average Bonchev–Trinajstić information content (AvgIpc) is 3.40. The average molecular weight is 384 g/mol. The summed E-state index contributed by atoms with van der Waals surface area (Å²) in [4.78, 5) is 5.66. The lowest BCUT2D eigenvalue weighted by atomic mass is 10.1. The molecule has 0 aliphatic carbocycles. The smallest absolute Gasteiger partial charge is 0.191 e. The molecule has 1 aromatic carbocycles. The Labute approximate surface area is 163 Å². The molecule has 27 heavy (non-hydrogen) atoms. The van der Waals surface area contributed by atoms with Crippen molar-refractivity contribution in [3.63, 3.8) is 0 Å². The predicted octanol–water partition coefficient (Wildman–Crippen LogP) is 3.41. The van der Waals surface area contributed by atoms with Crippen LogP contribution in [0, 0.1) is 0 Å². The van der Waals surface area contributed by atoms with E-state index in [2.05, 4.69) is 45.2 Å². The van der Waals surface area contributed by atoms with Gasteiger partial charge < -0.3 is 15.4 Å². The van der Waals surface area contributed by atoms with Crippen molar-refractivity contribution >= 4 is 17.3 Å². The fraction of sp³-hybridized carbons (Fsp3) is 0.300. The van der Waals surface area contributed by atoms with E-state index >= 15 is 0 Å². The van der Waals surface area contributed by atoms with Gasteiger partial charge in [-0.15, -0.1) is 11.3 Å². The molecule has 2 aromatic heterocycles. The Morgan fingerprint density at radius 1 is 1.22 bits per heavy atom. The molecular weight excluding hydrogens is 358 g/mol. The highest BCUT2D eigenvalue weighted by Crippen LogP contribution is 2.19. The molecule has 7 heteroatoms. The number of nitrogens with zero attached hydrogens (tertiary/aromatic N) is 3. The number of thiophene rings is 1. The molecule has 2 N–H and O–H groups in total. The maximum atomic E-state index is 5.19. The minimum absolute atomic E-state index is 0.442. The Morgan fingerprint density at radius 3 is 2.70 bits per heavy atom. The fourth-order valence-electron chi connectivity index (χ4n) is 2.65. The van der Waals surface area contributed by atoms with Crippen molar-refractivity contribution in [3.05, 3.63) is 64.6 Å². The summed E-state index contributed by atoms with van der Waals surface area (Å²) >= 11 is 1.78. The summed E-state index contributed by atoms with van der Waals surface area (Å²) in [7, 11) is 3.44. The minimum atomic E-state index is 0.442. The van der Waals surface area contributed by atoms with Crippen molar-refractivity contribution in [1.29, 1.82) is 0 Å². The van der Waals surface area contributed by atoms with Crippen LogP contribution in [0.25, 0.3) is 5.69 Å². The van der Waals surface area contributed by atoms with Gasteiger partial charge in [0.05, 0.1) is 25.0 Å². The molecule has 0 aliphatic heterocycles. The van der Waals surface area contributed by atoms with E-state index in [-0.39, 0.29) is 0 Å². The Balaban J connectivity index is 1.52. The highest BCUT2D eigenvalue weighted by atomic mass is 32.1. The van der Waals surface area contributed by atoms with E-state index < -0.39 is 0 Å². The van der Waals surface area contributed by atoms with Gasteiger partial charge in [0.15, 0.2) is 5.96 Å². The van der Waals surface area contributed by atoms with Gasteiger partial charge >= 0.3 is 0 Å². The summed E-state index contributed by atoms with van der Waals surface area (Å²) < 4.78 is 7.04. The molecule has 1 unspecified atom stereocenters. The first-order valence-corrected chi connectivity index (χ1v) is 9.74. The largest absolute Gasteiger partial charge is 0.497 e. The zero-order valence-corrected chi connectivity index (χ0v) is 16.7. The lowest BCUT2D eigenvalue weighted by molar-refractivity contribution is 0.414. The molecule has 2 heterocycles. The summed E-state index contributed by atoms with van der Waals surface area (Å²) in [5.41, 5.74) is 1.94. The molecule has 0 spiro atoms. The number of aromatic nitrogens is 2. The quantitative estimate of drug-likeness (QED) is 0.485. The molecule has 0 fully saturated rings. The third-order valence-electron chi connectivity index (χ3n) is 4.25. The molecular formula is C20H25N5OS. The number of benzene rings is 1. The van der Waals surface area contributed by atoms with Crippen molar-refractivity contribution in [2.75, 3.05) is 20.7 Å². The van der Waals surface area contributed by atoms with Crippen molar-refractivity contribution < 1.29 is 4.74 Å². The lowest BCUT2D eigenvalue weighted by Gasteiger charge is -2.14. The van der Waals surface area contributed by atoms with E-state index in [1.165, 1.54) is 4.88 Å². The maximum absolute atomic E-state index is 5.19. The second-order valence-electron chi connectivity index (χ2n) is 6.17. The van der Waals surface area contributed by atoms with Crippen LogP contribution in [-0.4, -0.2) is 36.4 Å². The third-order valence-corrected chi connectivity index (χ3v) is 5.35. The topological polar surface area (TPSA) is 63.5 Å². The first-order chi connectivity index (χ1) is 13.2. The van der Waals surface area contributed by atoms with Gasteiger partial charge in [0.2, 0.25) is 0 Å². The summed E-state index contributed by atoms with van der Waals surface area (Å²) in [6.07, 6.45) is 1.95. The van der Waals surface area contributed by atoms with Gasteiger partial charge in [-0.25, -0.2) is 4.68 Å². The van der Waals surface area contributed by atoms with Crippen molar-refractivity contribution in [3.8, 4) is 11.4 Å². The number of nitrogens with one attached hydrogen (secondary N) is 2. The maximum Gasteiger partial charge on any atom is 0.191 e. The van der Waals surface area contributed by atoms with Crippen molar-refractivity contribution in [1.82, 2.24) is 20.4 Å². The Kier molecular flexibility index (Phi) is 6.49. The first-order valence-electron chi connectivity index (χ1n) is 8.86. The third kappa shape index (κ3) is 5.10. The van der Waals surface area contributed by atoms with Crippen LogP contribution in [0.2, 0.25) is 0 Å². The first kappa shape index (κ1) is 19.0. The molecule has 1 atom stereocenters. The number of hydrogen-bond donors (Lipinski definition) is 2. The van der Waals surface area contributed by atoms with Crippen LogP contribution in [0.5, 0.6) is 5.75 Å². The number of rotatable bonds is 7. The number of hydrogen-bond acceptors (Lipinski definition) is 4. The summed E-state index contributed by atoms with van der Waals surface area (Å²) in [5, 5.41) is 13.4. The van der Waals surface area contributed by atoms with Gasteiger partial charge in [-0.2, -0.15) is 5.10 Å². The molecule has 0 radical (unpaired) electrons. The van der Waals surface area contributed by atoms with Crippen LogP contribution in [0.1, 0.15) is 23.4 Å². The summed E-state index contributed by atoms with van der Waals surface area (Å²) in [6, 6.07) is 14.1. The van der Waals surface area contributed by atoms with E-state index in [1.807, 2.05) is 41.2 Å². The molecule has 3 aromatic rings. The van der Waals surface area contributed by atoms with E-state index in [9.17, 15) is 0 Å². The Hall–Kier alpha value is -2.80. The van der Waals surface area contributed by atoms with Crippen LogP contribution < -0.4 is 15.4 Å². The molecule has 0 amide bonds. The normalized spacial score (nSPS) is 12.6. The van der Waals surface area contributed by atoms with Crippen molar-refractivity contribution in [2.24, 2.45) is 4.99 Å². The molecule has 0 aliphatic rings. The second-order valence-corrected chi connectivity index (χ2v) is 7.15. The number of ether oxygens (including phenoxy) is 1. The van der Waals surface area contributed by atoms with Crippen LogP contribution in [-0.2, 0) is 6.54 Å². The standard InChI is InChI=1S/C20H25N5OS/c1-15(19-5-4-12-27-19)13-22-20(21-2)23-14-16-10-11-25(24-16)17-6-8-18(26-3)9-7-17/h4-12,15H,13-14H2,1-3H3,(H2,21,22,23).